The zero-order chi connectivity index (χ0) is 30.6. The SMILES string of the molecule is C.CCC(C(=O)Nc1ccc2cnccc2c1)c1ccsc1.CCC(C(=O)O)c1ccsc1.Nc1ccc2cnccc2c1. The molecule has 0 saturated heterocycles. The number of nitrogen functional groups attached to an aromatic ring is 1. The summed E-state index contributed by atoms with van der Waals surface area (Å²) in [6.07, 6.45) is 8.62. The topological polar surface area (TPSA) is 118 Å². The van der Waals surface area contributed by atoms with Crippen LogP contribution in [0.4, 0.5) is 11.4 Å². The summed E-state index contributed by atoms with van der Waals surface area (Å²) in [5.74, 6) is -1.10. The van der Waals surface area contributed by atoms with Crippen molar-refractivity contribution in [3.63, 3.8) is 0 Å². The summed E-state index contributed by atoms with van der Waals surface area (Å²) in [5.41, 5.74) is 9.23. The number of carbonyl (C=O) groups is 2. The van der Waals surface area contributed by atoms with E-state index >= 15 is 0 Å². The van der Waals surface area contributed by atoms with Crippen LogP contribution in [0, 0.1) is 0 Å². The van der Waals surface area contributed by atoms with Gasteiger partial charge in [0.15, 0.2) is 0 Å². The number of aliphatic carboxylic acids is 1. The van der Waals surface area contributed by atoms with E-state index in [1.54, 1.807) is 23.7 Å². The predicted octanol–water partition coefficient (Wildman–Crippen LogP) is 9.21. The van der Waals surface area contributed by atoms with Crippen LogP contribution in [0.2, 0.25) is 0 Å². The monoisotopic (exact) mass is 626 g/mol. The van der Waals surface area contributed by atoms with E-state index in [1.165, 1.54) is 11.3 Å². The molecule has 1 amide bonds. The van der Waals surface area contributed by atoms with Gasteiger partial charge in [0.05, 0.1) is 11.8 Å². The van der Waals surface area contributed by atoms with E-state index in [1.807, 2.05) is 108 Å². The number of nitrogens with two attached hydrogens (primary N) is 1. The molecule has 0 fully saturated rings. The number of thiophene rings is 2. The van der Waals surface area contributed by atoms with Crippen molar-refractivity contribution in [3.05, 3.63) is 118 Å². The maximum Gasteiger partial charge on any atom is 0.310 e. The molecular weight excluding hydrogens is 589 g/mol. The number of anilines is 2. The van der Waals surface area contributed by atoms with Gasteiger partial charge in [-0.25, -0.2) is 0 Å². The molecule has 0 aliphatic carbocycles. The molecule has 0 aliphatic heterocycles. The van der Waals surface area contributed by atoms with Crippen molar-refractivity contribution >= 4 is 67.5 Å². The molecular formula is C35H38N4O3S2. The second-order valence-corrected chi connectivity index (χ2v) is 11.3. The Balaban J connectivity index is 0.000000195. The van der Waals surface area contributed by atoms with E-state index < -0.39 is 5.97 Å². The van der Waals surface area contributed by atoms with Crippen molar-refractivity contribution in [2.45, 2.75) is 46.0 Å². The van der Waals surface area contributed by atoms with Gasteiger partial charge in [0.2, 0.25) is 5.91 Å². The molecule has 228 valence electrons. The molecule has 0 bridgehead atoms. The largest absolute Gasteiger partial charge is 0.481 e. The number of pyridine rings is 2. The van der Waals surface area contributed by atoms with Gasteiger partial charge in [0.1, 0.15) is 0 Å². The summed E-state index contributed by atoms with van der Waals surface area (Å²) in [5, 5.41) is 24.0. The molecule has 2 atom stereocenters. The average molecular weight is 627 g/mol. The summed E-state index contributed by atoms with van der Waals surface area (Å²) in [6.45, 7) is 3.92. The Morgan fingerprint density at radius 2 is 1.32 bits per heavy atom. The van der Waals surface area contributed by atoms with Crippen molar-refractivity contribution in [2.75, 3.05) is 11.1 Å². The van der Waals surface area contributed by atoms with E-state index in [-0.39, 0.29) is 25.2 Å². The van der Waals surface area contributed by atoms with Crippen LogP contribution in [0.5, 0.6) is 0 Å². The Kier molecular flexibility index (Phi) is 13.0. The highest BCUT2D eigenvalue weighted by atomic mass is 32.1. The molecule has 2 unspecified atom stereocenters. The van der Waals surface area contributed by atoms with Crippen LogP contribution in [0.25, 0.3) is 21.5 Å². The molecule has 6 rings (SSSR count). The van der Waals surface area contributed by atoms with Gasteiger partial charge in [-0.3, -0.25) is 19.6 Å². The highest BCUT2D eigenvalue weighted by Crippen LogP contribution is 2.25. The van der Waals surface area contributed by atoms with Gasteiger partial charge in [-0.05, 0) is 105 Å². The molecule has 0 radical (unpaired) electrons. The zero-order valence-electron chi connectivity index (χ0n) is 24.0. The summed E-state index contributed by atoms with van der Waals surface area (Å²) >= 11 is 3.16. The minimum atomic E-state index is -0.731. The number of fused-ring (bicyclic) bond motifs is 2. The van der Waals surface area contributed by atoms with Crippen LogP contribution < -0.4 is 11.1 Å². The highest BCUT2D eigenvalue weighted by molar-refractivity contribution is 7.08. The summed E-state index contributed by atoms with van der Waals surface area (Å²) in [6, 6.07) is 19.4. The highest BCUT2D eigenvalue weighted by Gasteiger charge is 2.19. The first-order valence-electron chi connectivity index (χ1n) is 13.9. The van der Waals surface area contributed by atoms with Crippen molar-refractivity contribution in [1.29, 1.82) is 0 Å². The Hall–Kier alpha value is -4.60. The lowest BCUT2D eigenvalue weighted by atomic mass is 9.98. The maximum atomic E-state index is 12.5. The minimum absolute atomic E-state index is 0. The van der Waals surface area contributed by atoms with Gasteiger partial charge in [0.25, 0.3) is 0 Å². The number of hydrogen-bond acceptors (Lipinski definition) is 7. The fourth-order valence-electron chi connectivity index (χ4n) is 4.56. The van der Waals surface area contributed by atoms with Gasteiger partial charge in [-0.1, -0.05) is 33.4 Å². The molecule has 7 nitrogen and oxygen atoms in total. The Bertz CT molecular complexity index is 1760. The first-order valence-corrected chi connectivity index (χ1v) is 15.8. The van der Waals surface area contributed by atoms with Crippen LogP contribution >= 0.6 is 22.7 Å². The molecule has 4 N–H and O–H groups in total. The van der Waals surface area contributed by atoms with Crippen molar-refractivity contribution in [1.82, 2.24) is 9.97 Å². The van der Waals surface area contributed by atoms with Gasteiger partial charge < -0.3 is 16.2 Å². The van der Waals surface area contributed by atoms with Crippen LogP contribution in [0.3, 0.4) is 0 Å². The number of nitrogens with one attached hydrogen (secondary N) is 1. The average Bonchev–Trinajstić information content (AvgIpc) is 3.74. The summed E-state index contributed by atoms with van der Waals surface area (Å²) < 4.78 is 0. The number of amides is 1. The number of nitrogens with zero attached hydrogens (tertiary/aromatic N) is 2. The molecule has 9 heteroatoms. The molecule has 0 spiro atoms. The van der Waals surface area contributed by atoms with Gasteiger partial charge in [-0.2, -0.15) is 22.7 Å². The fourth-order valence-corrected chi connectivity index (χ4v) is 5.99. The Morgan fingerprint density at radius 3 is 1.84 bits per heavy atom. The molecule has 2 aromatic carbocycles. The number of carboxylic acids is 1. The number of aromatic nitrogens is 2. The third-order valence-electron chi connectivity index (χ3n) is 6.89. The van der Waals surface area contributed by atoms with Crippen molar-refractivity contribution < 1.29 is 14.7 Å². The van der Waals surface area contributed by atoms with Crippen molar-refractivity contribution in [2.24, 2.45) is 0 Å². The molecule has 44 heavy (non-hydrogen) atoms. The standard InChI is InChI=1S/C17H16N2OS.C9H8N2.C8H10O2S.CH4/c1-2-16(14-6-8-21-11-14)17(20)19-15-4-3-13-10-18-7-5-12(13)9-15;10-9-2-1-8-6-11-4-3-7(8)5-9;1-2-7(8(9)10)6-3-4-11-5-6;/h3-11,16H,2H2,1H3,(H,19,20);1-6H,10H2;3-5,7H,2H2,1H3,(H,9,10);1H4. The third-order valence-corrected chi connectivity index (χ3v) is 8.30. The number of rotatable bonds is 7. The van der Waals surface area contributed by atoms with Gasteiger partial charge in [-0.15, -0.1) is 0 Å². The molecule has 0 aliphatic rings. The van der Waals surface area contributed by atoms with E-state index in [0.29, 0.717) is 6.42 Å². The molecule has 4 heterocycles. The predicted molar refractivity (Wildman–Crippen MR) is 186 cm³/mol. The molecule has 0 saturated carbocycles. The van der Waals surface area contributed by atoms with Gasteiger partial charge in [0, 0.05) is 46.9 Å². The summed E-state index contributed by atoms with van der Waals surface area (Å²) in [7, 11) is 0. The zero-order valence-corrected chi connectivity index (χ0v) is 25.6. The first-order chi connectivity index (χ1) is 20.9. The second-order valence-electron chi connectivity index (χ2n) is 9.78. The quantitative estimate of drug-likeness (QED) is 0.152. The van der Waals surface area contributed by atoms with Crippen LogP contribution in [0.1, 0.15) is 57.1 Å². The second kappa shape index (κ2) is 16.9. The number of carboxylic acid groups (broad SMARTS) is 1. The first kappa shape index (κ1) is 33.9. The lowest BCUT2D eigenvalue weighted by molar-refractivity contribution is -0.138. The number of carbonyl (C=O) groups excluding carboxylic acids is 1. The van der Waals surface area contributed by atoms with E-state index in [0.717, 1.165) is 50.5 Å². The van der Waals surface area contributed by atoms with E-state index in [2.05, 4.69) is 15.3 Å². The van der Waals surface area contributed by atoms with Crippen LogP contribution in [-0.4, -0.2) is 27.0 Å². The maximum absolute atomic E-state index is 12.5. The van der Waals surface area contributed by atoms with Crippen LogP contribution in [0.15, 0.2) is 107 Å². The van der Waals surface area contributed by atoms with E-state index in [9.17, 15) is 9.59 Å². The Morgan fingerprint density at radius 1 is 0.773 bits per heavy atom. The van der Waals surface area contributed by atoms with Gasteiger partial charge >= 0.3 is 5.97 Å². The molecule has 6 aromatic rings. The number of hydrogen-bond donors (Lipinski definition) is 3. The Labute approximate surface area is 266 Å². The normalized spacial score (nSPS) is 11.6. The van der Waals surface area contributed by atoms with Crippen LogP contribution in [-0.2, 0) is 9.59 Å². The van der Waals surface area contributed by atoms with Crippen molar-refractivity contribution in [3.8, 4) is 0 Å². The number of benzene rings is 2. The lowest BCUT2D eigenvalue weighted by Gasteiger charge is -2.14. The smallest absolute Gasteiger partial charge is 0.310 e. The van der Waals surface area contributed by atoms with E-state index in [4.69, 9.17) is 10.8 Å². The fraction of sp³-hybridized carbons (Fsp3) is 0.200. The minimum Gasteiger partial charge on any atom is -0.481 e. The third kappa shape index (κ3) is 9.20. The summed E-state index contributed by atoms with van der Waals surface area (Å²) in [4.78, 5) is 31.2. The molecule has 4 aromatic heterocycles. The lowest BCUT2D eigenvalue weighted by Crippen LogP contribution is -2.20.